The number of hydrogen-bond acceptors (Lipinski definition) is 3. The number of guanidine groups is 1. The summed E-state index contributed by atoms with van der Waals surface area (Å²) in [7, 11) is 1.71. The van der Waals surface area contributed by atoms with Crippen LogP contribution >= 0.6 is 39.9 Å². The summed E-state index contributed by atoms with van der Waals surface area (Å²) >= 11 is 3.14. The second kappa shape index (κ2) is 10.8. The molecule has 1 aliphatic heterocycles. The zero-order valence-electron chi connectivity index (χ0n) is 14.3. The van der Waals surface area contributed by atoms with Crippen LogP contribution in [0.1, 0.15) is 12.5 Å². The van der Waals surface area contributed by atoms with Crippen molar-refractivity contribution >= 4 is 52.0 Å². The molecule has 9 heteroatoms. The van der Waals surface area contributed by atoms with Crippen LogP contribution in [-0.4, -0.2) is 61.7 Å². The molecular formula is C16H23BrFIN4O2. The van der Waals surface area contributed by atoms with Gasteiger partial charge in [-0.2, -0.15) is 0 Å². The first-order valence-corrected chi connectivity index (χ1v) is 8.65. The van der Waals surface area contributed by atoms with Crippen LogP contribution in [0.25, 0.3) is 0 Å². The van der Waals surface area contributed by atoms with Crippen molar-refractivity contribution in [2.45, 2.75) is 13.5 Å². The van der Waals surface area contributed by atoms with Crippen LogP contribution in [-0.2, 0) is 11.3 Å². The number of ether oxygens (including phenoxy) is 1. The van der Waals surface area contributed by atoms with Gasteiger partial charge in [-0.15, -0.1) is 24.0 Å². The highest BCUT2D eigenvalue weighted by atomic mass is 127. The highest BCUT2D eigenvalue weighted by molar-refractivity contribution is 14.0. The van der Waals surface area contributed by atoms with Gasteiger partial charge >= 0.3 is 6.09 Å². The molecule has 0 atom stereocenters. The summed E-state index contributed by atoms with van der Waals surface area (Å²) in [5.74, 6) is 0.453. The van der Waals surface area contributed by atoms with E-state index < -0.39 is 0 Å². The molecule has 1 aliphatic rings. The summed E-state index contributed by atoms with van der Waals surface area (Å²) < 4.78 is 19.0. The molecule has 1 heterocycles. The lowest BCUT2D eigenvalue weighted by molar-refractivity contribution is 0.0914. The second-order valence-electron chi connectivity index (χ2n) is 5.32. The van der Waals surface area contributed by atoms with Gasteiger partial charge in [-0.05, 0) is 40.5 Å². The summed E-state index contributed by atoms with van der Waals surface area (Å²) in [5.41, 5.74) is 0.835. The molecule has 0 aliphatic carbocycles. The Morgan fingerprint density at radius 3 is 2.52 bits per heavy atom. The maximum absolute atomic E-state index is 13.6. The molecule has 0 unspecified atom stereocenters. The first kappa shape index (κ1) is 21.9. The van der Waals surface area contributed by atoms with Gasteiger partial charge in [0.15, 0.2) is 5.96 Å². The molecule has 0 radical (unpaired) electrons. The van der Waals surface area contributed by atoms with Crippen LogP contribution in [0, 0.1) is 5.82 Å². The number of nitrogens with zero attached hydrogens (tertiary/aromatic N) is 3. The normalized spacial score (nSPS) is 14.8. The van der Waals surface area contributed by atoms with Crippen molar-refractivity contribution in [1.29, 1.82) is 0 Å². The fraction of sp³-hybridized carbons (Fsp3) is 0.500. The maximum Gasteiger partial charge on any atom is 0.409 e. The first-order valence-electron chi connectivity index (χ1n) is 7.86. The van der Waals surface area contributed by atoms with E-state index in [4.69, 9.17) is 4.74 Å². The van der Waals surface area contributed by atoms with E-state index in [1.165, 1.54) is 6.07 Å². The van der Waals surface area contributed by atoms with Crippen LogP contribution < -0.4 is 5.32 Å². The van der Waals surface area contributed by atoms with E-state index in [9.17, 15) is 9.18 Å². The van der Waals surface area contributed by atoms with Crippen molar-refractivity contribution in [3.05, 3.63) is 34.1 Å². The van der Waals surface area contributed by atoms with Gasteiger partial charge in [-0.1, -0.05) is 6.07 Å². The van der Waals surface area contributed by atoms with Crippen LogP contribution in [0.15, 0.2) is 27.7 Å². The van der Waals surface area contributed by atoms with Crippen LogP contribution in [0.5, 0.6) is 0 Å². The molecule has 1 fully saturated rings. The summed E-state index contributed by atoms with van der Waals surface area (Å²) in [4.78, 5) is 19.7. The number of carbonyl (C=O) groups excluding carboxylic acids is 1. The average Bonchev–Trinajstić information content (AvgIpc) is 2.59. The lowest BCUT2D eigenvalue weighted by Gasteiger charge is -2.35. The standard InChI is InChI=1S/C16H22BrFN4O2.HI/c1-3-24-16(23)22-8-6-21(7-9-22)15(19-2)20-11-12-4-5-13(17)14(18)10-12;/h4-5,10H,3,6-9,11H2,1-2H3,(H,19,20);1H. The Morgan fingerprint density at radius 1 is 1.32 bits per heavy atom. The van der Waals surface area contributed by atoms with Crippen LogP contribution in [0.2, 0.25) is 0 Å². The average molecular weight is 529 g/mol. The van der Waals surface area contributed by atoms with Gasteiger partial charge in [0.1, 0.15) is 5.82 Å². The fourth-order valence-corrected chi connectivity index (χ4v) is 2.73. The minimum atomic E-state index is -0.285. The topological polar surface area (TPSA) is 57.2 Å². The third kappa shape index (κ3) is 6.28. The number of aliphatic imine (C=N–C) groups is 1. The van der Waals surface area contributed by atoms with Crippen molar-refractivity contribution in [2.24, 2.45) is 4.99 Å². The van der Waals surface area contributed by atoms with Crippen molar-refractivity contribution in [1.82, 2.24) is 15.1 Å². The predicted molar refractivity (Wildman–Crippen MR) is 110 cm³/mol. The molecule has 1 saturated heterocycles. The number of amides is 1. The number of hydrogen-bond donors (Lipinski definition) is 1. The number of nitrogens with one attached hydrogen (secondary N) is 1. The molecule has 1 amide bonds. The maximum atomic E-state index is 13.6. The smallest absolute Gasteiger partial charge is 0.409 e. The minimum absolute atomic E-state index is 0. The first-order chi connectivity index (χ1) is 11.5. The molecule has 0 spiro atoms. The molecular weight excluding hydrogens is 506 g/mol. The zero-order valence-corrected chi connectivity index (χ0v) is 18.2. The quantitative estimate of drug-likeness (QED) is 0.372. The summed E-state index contributed by atoms with van der Waals surface area (Å²) in [6.45, 7) is 5.19. The predicted octanol–water partition coefficient (Wildman–Crippen LogP) is 3.06. The van der Waals surface area contributed by atoms with Crippen LogP contribution in [0.3, 0.4) is 0 Å². The van der Waals surface area contributed by atoms with Crippen molar-refractivity contribution in [3.63, 3.8) is 0 Å². The minimum Gasteiger partial charge on any atom is -0.450 e. The van der Waals surface area contributed by atoms with Crippen LogP contribution in [0.4, 0.5) is 9.18 Å². The third-order valence-corrected chi connectivity index (χ3v) is 4.39. The summed E-state index contributed by atoms with van der Waals surface area (Å²) in [5, 5.41) is 3.23. The molecule has 25 heavy (non-hydrogen) atoms. The van der Waals surface area contributed by atoms with E-state index in [2.05, 4.69) is 31.1 Å². The van der Waals surface area contributed by atoms with Gasteiger partial charge in [-0.25, -0.2) is 9.18 Å². The molecule has 0 bridgehead atoms. The largest absolute Gasteiger partial charge is 0.450 e. The molecule has 1 aromatic rings. The molecule has 0 aromatic heterocycles. The Hall–Kier alpha value is -1.10. The number of benzene rings is 1. The lowest BCUT2D eigenvalue weighted by Crippen LogP contribution is -2.53. The van der Waals surface area contributed by atoms with E-state index in [1.54, 1.807) is 24.9 Å². The van der Waals surface area contributed by atoms with Gasteiger partial charge in [0.2, 0.25) is 0 Å². The molecule has 140 valence electrons. The van der Waals surface area contributed by atoms with Gasteiger partial charge in [-0.3, -0.25) is 4.99 Å². The summed E-state index contributed by atoms with van der Waals surface area (Å²) in [6.07, 6.45) is -0.273. The van der Waals surface area contributed by atoms with Gasteiger partial charge in [0.05, 0.1) is 11.1 Å². The molecule has 2 rings (SSSR count). The Kier molecular flexibility index (Phi) is 9.47. The fourth-order valence-electron chi connectivity index (χ4n) is 2.48. The number of rotatable bonds is 3. The Bertz CT molecular complexity index is 610. The van der Waals surface area contributed by atoms with Gasteiger partial charge < -0.3 is 19.9 Å². The lowest BCUT2D eigenvalue weighted by atomic mass is 10.2. The number of halogens is 3. The molecule has 6 nitrogen and oxygen atoms in total. The van der Waals surface area contributed by atoms with Gasteiger partial charge in [0.25, 0.3) is 0 Å². The monoisotopic (exact) mass is 528 g/mol. The molecule has 1 N–H and O–H groups in total. The molecule has 0 saturated carbocycles. The number of carbonyl (C=O) groups is 1. The van der Waals surface area contributed by atoms with E-state index in [-0.39, 0.29) is 35.9 Å². The second-order valence-corrected chi connectivity index (χ2v) is 6.18. The SMILES string of the molecule is CCOC(=O)N1CCN(C(=NC)NCc2ccc(Br)c(F)c2)CC1.I. The Labute approximate surface area is 172 Å². The summed E-state index contributed by atoms with van der Waals surface area (Å²) in [6, 6.07) is 5.03. The van der Waals surface area contributed by atoms with Crippen molar-refractivity contribution < 1.29 is 13.9 Å². The van der Waals surface area contributed by atoms with Crippen molar-refractivity contribution in [3.8, 4) is 0 Å². The Morgan fingerprint density at radius 2 is 1.96 bits per heavy atom. The number of piperazine rings is 1. The highest BCUT2D eigenvalue weighted by Gasteiger charge is 2.23. The van der Waals surface area contributed by atoms with E-state index in [0.717, 1.165) is 11.5 Å². The zero-order chi connectivity index (χ0) is 17.5. The van der Waals surface area contributed by atoms with E-state index in [1.807, 2.05) is 6.07 Å². The van der Waals surface area contributed by atoms with Gasteiger partial charge in [0, 0.05) is 39.8 Å². The van der Waals surface area contributed by atoms with E-state index in [0.29, 0.717) is 43.8 Å². The molecule has 1 aromatic carbocycles. The van der Waals surface area contributed by atoms with Crippen molar-refractivity contribution in [2.75, 3.05) is 39.8 Å². The third-order valence-electron chi connectivity index (χ3n) is 3.75. The highest BCUT2D eigenvalue weighted by Crippen LogP contribution is 2.16. The Balaban J connectivity index is 0.00000312. The van der Waals surface area contributed by atoms with E-state index >= 15 is 0 Å².